The zero-order chi connectivity index (χ0) is 19.3. The molecule has 0 fully saturated rings. The predicted molar refractivity (Wildman–Crippen MR) is 91.7 cm³/mol. The standard InChI is InChI=1S/C16H17N3O6S/c1-12(16(20)17-21)18(11-13-7-3-2-4-8-13)26(24,25)15-10-6-5-9-14(15)19(22)23/h2-10,12,21H,11H2,1H3,(H,17,20)/t12-/m0/s1. The van der Waals surface area contributed by atoms with E-state index in [4.69, 9.17) is 5.21 Å². The van der Waals surface area contributed by atoms with Gasteiger partial charge in [0.2, 0.25) is 0 Å². The fourth-order valence-corrected chi connectivity index (χ4v) is 4.11. The zero-order valence-electron chi connectivity index (χ0n) is 13.8. The molecule has 1 atom stereocenters. The molecule has 9 nitrogen and oxygen atoms in total. The van der Waals surface area contributed by atoms with E-state index in [0.29, 0.717) is 5.56 Å². The fraction of sp³-hybridized carbons (Fsp3) is 0.188. The van der Waals surface area contributed by atoms with Crippen LogP contribution in [0.15, 0.2) is 59.5 Å². The smallest absolute Gasteiger partial charge is 0.289 e. The normalized spacial score (nSPS) is 12.6. The van der Waals surface area contributed by atoms with Crippen LogP contribution >= 0.6 is 0 Å². The highest BCUT2D eigenvalue weighted by Gasteiger charge is 2.37. The van der Waals surface area contributed by atoms with E-state index in [2.05, 4.69) is 0 Å². The number of hydrogen-bond acceptors (Lipinski definition) is 6. The van der Waals surface area contributed by atoms with Gasteiger partial charge in [0.1, 0.15) is 6.04 Å². The molecule has 2 N–H and O–H groups in total. The molecule has 10 heteroatoms. The summed E-state index contributed by atoms with van der Waals surface area (Å²) in [4.78, 5) is 21.7. The van der Waals surface area contributed by atoms with E-state index in [9.17, 15) is 23.3 Å². The predicted octanol–water partition coefficient (Wildman–Crippen LogP) is 1.68. The van der Waals surface area contributed by atoms with E-state index >= 15 is 0 Å². The van der Waals surface area contributed by atoms with Crippen LogP contribution in [-0.4, -0.2) is 34.8 Å². The number of nitro groups is 1. The van der Waals surface area contributed by atoms with Crippen molar-refractivity contribution in [3.8, 4) is 0 Å². The van der Waals surface area contributed by atoms with Crippen LogP contribution in [0.3, 0.4) is 0 Å². The summed E-state index contributed by atoms with van der Waals surface area (Å²) in [6.07, 6.45) is 0. The van der Waals surface area contributed by atoms with Crippen LogP contribution in [0.1, 0.15) is 12.5 Å². The molecule has 0 heterocycles. The lowest BCUT2D eigenvalue weighted by molar-refractivity contribution is -0.387. The van der Waals surface area contributed by atoms with Crippen molar-refractivity contribution in [3.05, 3.63) is 70.3 Å². The summed E-state index contributed by atoms with van der Waals surface area (Å²) in [6.45, 7) is 1.07. The molecule has 0 aliphatic rings. The van der Waals surface area contributed by atoms with Crippen LogP contribution in [0.2, 0.25) is 0 Å². The second kappa shape index (κ2) is 8.04. The van der Waals surface area contributed by atoms with Gasteiger partial charge in [-0.3, -0.25) is 20.1 Å². The van der Waals surface area contributed by atoms with Crippen molar-refractivity contribution < 1.29 is 23.3 Å². The third-order valence-corrected chi connectivity index (χ3v) is 5.72. The Morgan fingerprint density at radius 3 is 2.35 bits per heavy atom. The van der Waals surface area contributed by atoms with Gasteiger partial charge in [-0.25, -0.2) is 13.9 Å². The van der Waals surface area contributed by atoms with Gasteiger partial charge in [0, 0.05) is 12.6 Å². The summed E-state index contributed by atoms with van der Waals surface area (Å²) in [5.41, 5.74) is 1.39. The van der Waals surface area contributed by atoms with E-state index in [1.165, 1.54) is 24.5 Å². The fourth-order valence-electron chi connectivity index (χ4n) is 2.37. The van der Waals surface area contributed by atoms with Crippen LogP contribution in [0.25, 0.3) is 0 Å². The first-order chi connectivity index (χ1) is 12.3. The van der Waals surface area contributed by atoms with Crippen LogP contribution in [0, 0.1) is 10.1 Å². The lowest BCUT2D eigenvalue weighted by atomic mass is 10.2. The Balaban J connectivity index is 2.56. The van der Waals surface area contributed by atoms with Gasteiger partial charge in [-0.15, -0.1) is 0 Å². The Morgan fingerprint density at radius 1 is 1.19 bits per heavy atom. The number of carbonyl (C=O) groups is 1. The molecule has 26 heavy (non-hydrogen) atoms. The average molecular weight is 379 g/mol. The first kappa shape index (κ1) is 19.5. The number of sulfonamides is 1. The Morgan fingerprint density at radius 2 is 1.77 bits per heavy atom. The summed E-state index contributed by atoms with van der Waals surface area (Å²) in [6, 6.07) is 12.0. The van der Waals surface area contributed by atoms with E-state index in [1.54, 1.807) is 30.3 Å². The van der Waals surface area contributed by atoms with E-state index in [0.717, 1.165) is 16.4 Å². The molecule has 0 spiro atoms. The van der Waals surface area contributed by atoms with Crippen molar-refractivity contribution >= 4 is 21.6 Å². The van der Waals surface area contributed by atoms with Gasteiger partial charge in [0.15, 0.2) is 4.90 Å². The first-order valence-corrected chi connectivity index (χ1v) is 8.96. The Labute approximate surface area is 150 Å². The summed E-state index contributed by atoms with van der Waals surface area (Å²) in [7, 11) is -4.41. The van der Waals surface area contributed by atoms with E-state index in [-0.39, 0.29) is 6.54 Å². The quantitative estimate of drug-likeness (QED) is 0.428. The Bertz CT molecular complexity index is 901. The highest BCUT2D eigenvalue weighted by Crippen LogP contribution is 2.28. The molecule has 138 valence electrons. The molecule has 2 rings (SSSR count). The SMILES string of the molecule is C[C@@H](C(=O)NO)N(Cc1ccccc1)S(=O)(=O)c1ccccc1[N+](=O)[O-]. The Hall–Kier alpha value is -2.82. The molecule has 0 aliphatic heterocycles. The molecule has 0 radical (unpaired) electrons. The van der Waals surface area contributed by atoms with Crippen molar-refractivity contribution in [2.75, 3.05) is 0 Å². The summed E-state index contributed by atoms with van der Waals surface area (Å²) in [5, 5.41) is 20.1. The number of nitrogens with one attached hydrogen (secondary N) is 1. The number of para-hydroxylation sites is 1. The minimum atomic E-state index is -4.41. The molecular formula is C16H17N3O6S. The molecule has 0 saturated carbocycles. The van der Waals surface area contributed by atoms with Crippen molar-refractivity contribution in [1.29, 1.82) is 0 Å². The number of benzene rings is 2. The van der Waals surface area contributed by atoms with Crippen LogP contribution < -0.4 is 5.48 Å². The third-order valence-electron chi connectivity index (χ3n) is 3.75. The van der Waals surface area contributed by atoms with Gasteiger partial charge in [-0.1, -0.05) is 42.5 Å². The zero-order valence-corrected chi connectivity index (χ0v) is 14.6. The van der Waals surface area contributed by atoms with Gasteiger partial charge >= 0.3 is 0 Å². The van der Waals surface area contributed by atoms with Gasteiger partial charge in [-0.2, -0.15) is 4.31 Å². The second-order valence-electron chi connectivity index (χ2n) is 5.41. The number of nitro benzene ring substituents is 1. The number of amides is 1. The molecule has 0 aliphatic carbocycles. The molecule has 0 aromatic heterocycles. The monoisotopic (exact) mass is 379 g/mol. The van der Waals surface area contributed by atoms with Crippen molar-refractivity contribution in [3.63, 3.8) is 0 Å². The van der Waals surface area contributed by atoms with Crippen LogP contribution in [0.5, 0.6) is 0 Å². The minimum Gasteiger partial charge on any atom is -0.289 e. The van der Waals surface area contributed by atoms with Gasteiger partial charge in [0.25, 0.3) is 21.6 Å². The average Bonchev–Trinajstić information content (AvgIpc) is 2.65. The van der Waals surface area contributed by atoms with Crippen LogP contribution in [0.4, 0.5) is 5.69 Å². The molecular weight excluding hydrogens is 362 g/mol. The number of hydrogen-bond donors (Lipinski definition) is 2. The van der Waals surface area contributed by atoms with Crippen molar-refractivity contribution in [2.24, 2.45) is 0 Å². The number of carbonyl (C=O) groups excluding carboxylic acids is 1. The maximum Gasteiger partial charge on any atom is 0.289 e. The number of rotatable bonds is 7. The maximum atomic E-state index is 13.1. The first-order valence-electron chi connectivity index (χ1n) is 7.52. The molecule has 2 aromatic rings. The lowest BCUT2D eigenvalue weighted by Gasteiger charge is -2.26. The van der Waals surface area contributed by atoms with Crippen molar-refractivity contribution in [1.82, 2.24) is 9.79 Å². The molecule has 1 amide bonds. The van der Waals surface area contributed by atoms with E-state index in [1.807, 2.05) is 0 Å². The van der Waals surface area contributed by atoms with E-state index < -0.39 is 37.5 Å². The van der Waals surface area contributed by atoms with Gasteiger partial charge in [0.05, 0.1) is 4.92 Å². The highest BCUT2D eigenvalue weighted by atomic mass is 32.2. The summed E-state index contributed by atoms with van der Waals surface area (Å²) < 4.78 is 27.0. The minimum absolute atomic E-state index is 0.205. The second-order valence-corrected chi connectivity index (χ2v) is 7.27. The van der Waals surface area contributed by atoms with Crippen molar-refractivity contribution in [2.45, 2.75) is 24.4 Å². The highest BCUT2D eigenvalue weighted by molar-refractivity contribution is 7.89. The molecule has 2 aromatic carbocycles. The summed E-state index contributed by atoms with van der Waals surface area (Å²) in [5.74, 6) is -0.955. The number of hydroxylamine groups is 1. The lowest BCUT2D eigenvalue weighted by Crippen LogP contribution is -2.46. The molecule has 0 unspecified atom stereocenters. The molecule has 0 saturated heterocycles. The van der Waals surface area contributed by atoms with Gasteiger partial charge < -0.3 is 0 Å². The third kappa shape index (κ3) is 4.04. The Kier molecular flexibility index (Phi) is 6.03. The largest absolute Gasteiger partial charge is 0.289 e. The maximum absolute atomic E-state index is 13.1. The topological polar surface area (TPSA) is 130 Å². The summed E-state index contributed by atoms with van der Waals surface area (Å²) >= 11 is 0. The number of nitrogens with zero attached hydrogens (tertiary/aromatic N) is 2. The van der Waals surface area contributed by atoms with Crippen LogP contribution in [-0.2, 0) is 21.4 Å². The van der Waals surface area contributed by atoms with Gasteiger partial charge in [-0.05, 0) is 18.6 Å². The molecule has 0 bridgehead atoms.